The lowest BCUT2D eigenvalue weighted by Crippen LogP contribution is -2.54. The molecular weight excluding hydrogens is 380 g/mol. The molecule has 1 saturated heterocycles. The van der Waals surface area contributed by atoms with E-state index in [-0.39, 0.29) is 40.8 Å². The van der Waals surface area contributed by atoms with Gasteiger partial charge in [0.2, 0.25) is 5.91 Å². The summed E-state index contributed by atoms with van der Waals surface area (Å²) in [5.41, 5.74) is 0.218. The number of hydrogen-bond acceptors (Lipinski definition) is 4. The van der Waals surface area contributed by atoms with Crippen LogP contribution < -0.4 is 10.9 Å². The minimum absolute atomic E-state index is 0.00352. The van der Waals surface area contributed by atoms with Gasteiger partial charge in [-0.15, -0.1) is 0 Å². The molecule has 2 aromatic heterocycles. The van der Waals surface area contributed by atoms with Crippen molar-refractivity contribution < 1.29 is 9.59 Å². The van der Waals surface area contributed by atoms with Gasteiger partial charge < -0.3 is 10.2 Å². The first-order valence-electron chi connectivity index (χ1n) is 10.8. The fraction of sp³-hybridized carbons (Fsp3) is 0.478. The summed E-state index contributed by atoms with van der Waals surface area (Å²) in [6.45, 7) is 1.37. The van der Waals surface area contributed by atoms with Gasteiger partial charge in [-0.25, -0.2) is 4.98 Å². The number of pyridine rings is 1. The molecule has 2 bridgehead atoms. The Morgan fingerprint density at radius 3 is 2.67 bits per heavy atom. The number of carbonyl (C=O) groups excluding carboxylic acids is 2. The number of amides is 2. The van der Waals surface area contributed by atoms with Crippen LogP contribution in [0.3, 0.4) is 0 Å². The zero-order chi connectivity index (χ0) is 20.7. The molecule has 3 aliphatic rings. The Labute approximate surface area is 174 Å². The standard InChI is InChI=1S/C23H26N4O3/c28-20(11-15-5-1-2-6-15)26-13-16-8-9-17(14-26)21(16)25-22(29)18-12-24-19-7-3-4-10-27(19)23(18)30/h1,3-5,7,10,12,15-17,21H,2,6,8-9,11,13-14H2,(H,25,29)/t15?,16-,17+,21?. The molecule has 156 valence electrons. The van der Waals surface area contributed by atoms with E-state index >= 15 is 0 Å². The van der Waals surface area contributed by atoms with E-state index < -0.39 is 0 Å². The summed E-state index contributed by atoms with van der Waals surface area (Å²) in [4.78, 5) is 44.6. The number of nitrogens with zero attached hydrogens (tertiary/aromatic N) is 3. The van der Waals surface area contributed by atoms with Gasteiger partial charge in [0.25, 0.3) is 11.5 Å². The van der Waals surface area contributed by atoms with E-state index in [0.29, 0.717) is 31.1 Å². The average Bonchev–Trinajstić information content (AvgIpc) is 3.33. The second-order valence-electron chi connectivity index (χ2n) is 8.77. The molecule has 1 N–H and O–H groups in total. The zero-order valence-electron chi connectivity index (χ0n) is 16.9. The summed E-state index contributed by atoms with van der Waals surface area (Å²) in [6.07, 6.45) is 12.0. The number of piperidine rings is 1. The smallest absolute Gasteiger partial charge is 0.270 e. The Kier molecular flexibility index (Phi) is 4.89. The zero-order valence-corrected chi connectivity index (χ0v) is 16.9. The first kappa shape index (κ1) is 19.0. The van der Waals surface area contributed by atoms with E-state index in [0.717, 1.165) is 25.7 Å². The first-order chi connectivity index (χ1) is 14.6. The third-order valence-corrected chi connectivity index (χ3v) is 6.89. The normalized spacial score (nSPS) is 27.5. The molecule has 2 amide bonds. The summed E-state index contributed by atoms with van der Waals surface area (Å²) in [7, 11) is 0. The third-order valence-electron chi connectivity index (χ3n) is 6.89. The Morgan fingerprint density at radius 2 is 1.93 bits per heavy atom. The van der Waals surface area contributed by atoms with Crippen molar-refractivity contribution in [2.24, 2.45) is 17.8 Å². The Morgan fingerprint density at radius 1 is 1.13 bits per heavy atom. The highest BCUT2D eigenvalue weighted by molar-refractivity contribution is 5.94. The number of nitrogens with one attached hydrogen (secondary N) is 1. The summed E-state index contributed by atoms with van der Waals surface area (Å²) < 4.78 is 1.39. The van der Waals surface area contributed by atoms with Gasteiger partial charge in [0, 0.05) is 37.9 Å². The quantitative estimate of drug-likeness (QED) is 0.788. The van der Waals surface area contributed by atoms with Gasteiger partial charge in [-0.2, -0.15) is 0 Å². The van der Waals surface area contributed by atoms with Gasteiger partial charge in [-0.3, -0.25) is 18.8 Å². The molecule has 0 spiro atoms. The van der Waals surface area contributed by atoms with Crippen LogP contribution in [0, 0.1) is 17.8 Å². The molecule has 0 aromatic carbocycles. The highest BCUT2D eigenvalue weighted by Crippen LogP contribution is 2.37. The maximum atomic E-state index is 12.9. The minimum atomic E-state index is -0.372. The summed E-state index contributed by atoms with van der Waals surface area (Å²) >= 11 is 0. The number of rotatable bonds is 4. The van der Waals surface area contributed by atoms with E-state index in [9.17, 15) is 14.4 Å². The lowest BCUT2D eigenvalue weighted by Gasteiger charge is -2.38. The van der Waals surface area contributed by atoms with E-state index in [2.05, 4.69) is 22.5 Å². The summed E-state index contributed by atoms with van der Waals surface area (Å²) in [5, 5.41) is 3.09. The first-order valence-corrected chi connectivity index (χ1v) is 10.8. The van der Waals surface area contributed by atoms with Crippen LogP contribution in [0.1, 0.15) is 42.5 Å². The number of aromatic nitrogens is 2. The van der Waals surface area contributed by atoms with Crippen LogP contribution in [-0.4, -0.2) is 45.2 Å². The third kappa shape index (κ3) is 3.42. The van der Waals surface area contributed by atoms with Crippen molar-refractivity contribution in [1.29, 1.82) is 0 Å². The maximum Gasteiger partial charge on any atom is 0.270 e. The molecule has 7 heteroatoms. The Balaban J connectivity index is 1.27. The molecule has 2 fully saturated rings. The number of fused-ring (bicyclic) bond motifs is 3. The monoisotopic (exact) mass is 406 g/mol. The van der Waals surface area contributed by atoms with Crippen LogP contribution in [0.5, 0.6) is 0 Å². The molecule has 2 aromatic rings. The van der Waals surface area contributed by atoms with Gasteiger partial charge in [0.05, 0.1) is 0 Å². The predicted octanol–water partition coefficient (Wildman–Crippen LogP) is 2.02. The fourth-order valence-electron chi connectivity index (χ4n) is 5.29. The van der Waals surface area contributed by atoms with E-state index in [4.69, 9.17) is 0 Å². The van der Waals surface area contributed by atoms with Gasteiger partial charge in [-0.05, 0) is 55.6 Å². The molecule has 30 heavy (non-hydrogen) atoms. The number of likely N-dealkylation sites (tertiary alicyclic amines) is 1. The highest BCUT2D eigenvalue weighted by Gasteiger charge is 2.44. The Hall–Kier alpha value is -2.96. The van der Waals surface area contributed by atoms with Gasteiger partial charge in [0.15, 0.2) is 0 Å². The van der Waals surface area contributed by atoms with Crippen molar-refractivity contribution >= 4 is 17.5 Å². The second-order valence-corrected chi connectivity index (χ2v) is 8.77. The molecule has 7 nitrogen and oxygen atoms in total. The maximum absolute atomic E-state index is 12.9. The lowest BCUT2D eigenvalue weighted by molar-refractivity contribution is -0.134. The molecule has 1 aliphatic heterocycles. The topological polar surface area (TPSA) is 83.8 Å². The lowest BCUT2D eigenvalue weighted by atomic mass is 9.91. The largest absolute Gasteiger partial charge is 0.348 e. The molecule has 2 aliphatic carbocycles. The predicted molar refractivity (Wildman–Crippen MR) is 112 cm³/mol. The SMILES string of the molecule is O=C(NC1[C@@H]2CC[C@H]1CN(C(=O)CC1C=CCC1)C2)c1cnc2ccccn2c1=O. The van der Waals surface area contributed by atoms with Crippen LogP contribution in [0.15, 0.2) is 47.5 Å². The molecule has 0 radical (unpaired) electrons. The summed E-state index contributed by atoms with van der Waals surface area (Å²) in [5.74, 6) is 0.716. The minimum Gasteiger partial charge on any atom is -0.348 e. The van der Waals surface area contributed by atoms with E-state index in [1.807, 2.05) is 4.90 Å². The van der Waals surface area contributed by atoms with Crippen LogP contribution in [0.25, 0.3) is 5.65 Å². The molecule has 4 atom stereocenters. The van der Waals surface area contributed by atoms with Crippen molar-refractivity contribution in [3.05, 3.63) is 58.7 Å². The second kappa shape index (κ2) is 7.70. The van der Waals surface area contributed by atoms with E-state index in [1.54, 1.807) is 24.4 Å². The van der Waals surface area contributed by atoms with Crippen LogP contribution >= 0.6 is 0 Å². The summed E-state index contributed by atoms with van der Waals surface area (Å²) in [6, 6.07) is 5.28. The number of hydrogen-bond donors (Lipinski definition) is 1. The fourth-order valence-corrected chi connectivity index (χ4v) is 5.29. The molecular formula is C23H26N4O3. The molecule has 3 heterocycles. The average molecular weight is 406 g/mol. The van der Waals surface area contributed by atoms with Crippen molar-refractivity contribution in [2.45, 2.75) is 38.1 Å². The van der Waals surface area contributed by atoms with Crippen molar-refractivity contribution in [2.75, 3.05) is 13.1 Å². The van der Waals surface area contributed by atoms with Crippen molar-refractivity contribution in [3.8, 4) is 0 Å². The van der Waals surface area contributed by atoms with Crippen LogP contribution in [0.4, 0.5) is 0 Å². The van der Waals surface area contributed by atoms with Crippen LogP contribution in [-0.2, 0) is 4.79 Å². The number of allylic oxidation sites excluding steroid dienone is 2. The highest BCUT2D eigenvalue weighted by atomic mass is 16.2. The molecule has 2 unspecified atom stereocenters. The van der Waals surface area contributed by atoms with Crippen LogP contribution in [0.2, 0.25) is 0 Å². The van der Waals surface area contributed by atoms with Gasteiger partial charge in [0.1, 0.15) is 11.2 Å². The molecule has 5 rings (SSSR count). The van der Waals surface area contributed by atoms with Crippen molar-refractivity contribution in [3.63, 3.8) is 0 Å². The Bertz CT molecular complexity index is 1060. The van der Waals surface area contributed by atoms with E-state index in [1.165, 1.54) is 10.6 Å². The van der Waals surface area contributed by atoms with Crippen molar-refractivity contribution in [1.82, 2.24) is 19.6 Å². The number of carbonyl (C=O) groups is 2. The van der Waals surface area contributed by atoms with Gasteiger partial charge >= 0.3 is 0 Å². The van der Waals surface area contributed by atoms with Gasteiger partial charge in [-0.1, -0.05) is 18.2 Å². The molecule has 1 saturated carbocycles.